The highest BCUT2D eigenvalue weighted by atomic mass is 17.5. The molecule has 1 aliphatic rings. The van der Waals surface area contributed by atoms with Crippen molar-refractivity contribution in [3.63, 3.8) is 0 Å². The lowest BCUT2D eigenvalue weighted by atomic mass is 10.2. The zero-order valence-electron chi connectivity index (χ0n) is 5.12. The van der Waals surface area contributed by atoms with Crippen LogP contribution in [0, 0.1) is 0 Å². The van der Waals surface area contributed by atoms with Crippen molar-refractivity contribution in [1.29, 1.82) is 0 Å². The third-order valence-corrected chi connectivity index (χ3v) is 1.12. The topological polar surface area (TPSA) is 44.8 Å². The van der Waals surface area contributed by atoms with Crippen LogP contribution in [0.25, 0.3) is 0 Å². The van der Waals surface area contributed by atoms with Gasteiger partial charge in [-0.05, 0) is 6.92 Å². The number of hydrogen-bond donors (Lipinski definition) is 0. The second-order valence-corrected chi connectivity index (χ2v) is 1.87. The highest BCUT2D eigenvalue weighted by Crippen LogP contribution is 2.07. The number of ketones is 1. The zero-order valence-corrected chi connectivity index (χ0v) is 5.12. The standard InChI is InChI=1S/C5H8O4/c1-4(6)5-2-3-7-9-8-5/h5H,2-3H2,1H3. The maximum absolute atomic E-state index is 10.5. The second-order valence-electron chi connectivity index (χ2n) is 1.87. The first-order valence-corrected chi connectivity index (χ1v) is 2.76. The average Bonchev–Trinajstić information content (AvgIpc) is 1.90. The SMILES string of the molecule is CC(=O)C1CCOOO1. The fraction of sp³-hybridized carbons (Fsp3) is 0.800. The molecule has 0 aromatic carbocycles. The minimum atomic E-state index is -0.432. The van der Waals surface area contributed by atoms with E-state index in [9.17, 15) is 4.79 Å². The van der Waals surface area contributed by atoms with Crippen molar-refractivity contribution >= 4 is 5.78 Å². The highest BCUT2D eigenvalue weighted by Gasteiger charge is 2.20. The zero-order chi connectivity index (χ0) is 6.69. The molecule has 0 aliphatic carbocycles. The van der Waals surface area contributed by atoms with Crippen molar-refractivity contribution < 1.29 is 19.6 Å². The first-order chi connectivity index (χ1) is 4.30. The molecular weight excluding hydrogens is 124 g/mol. The summed E-state index contributed by atoms with van der Waals surface area (Å²) in [6.07, 6.45) is 0.147. The first kappa shape index (κ1) is 6.67. The van der Waals surface area contributed by atoms with E-state index in [0.717, 1.165) is 0 Å². The minimum Gasteiger partial charge on any atom is -0.297 e. The molecule has 1 rings (SSSR count). The summed E-state index contributed by atoms with van der Waals surface area (Å²) in [5.74, 6) is -0.0294. The Morgan fingerprint density at radius 3 is 2.78 bits per heavy atom. The summed E-state index contributed by atoms with van der Waals surface area (Å²) < 4.78 is 0. The van der Waals surface area contributed by atoms with Crippen LogP contribution in [0.4, 0.5) is 0 Å². The lowest BCUT2D eigenvalue weighted by Crippen LogP contribution is -2.28. The molecule has 1 saturated heterocycles. The van der Waals surface area contributed by atoms with Crippen LogP contribution >= 0.6 is 0 Å². The first-order valence-electron chi connectivity index (χ1n) is 2.76. The number of hydrogen-bond acceptors (Lipinski definition) is 4. The minimum absolute atomic E-state index is 0.0294. The van der Waals surface area contributed by atoms with Crippen molar-refractivity contribution in [3.05, 3.63) is 0 Å². The van der Waals surface area contributed by atoms with Crippen LogP contribution in [-0.2, 0) is 19.6 Å². The molecular formula is C5H8O4. The van der Waals surface area contributed by atoms with Gasteiger partial charge in [0.25, 0.3) is 0 Å². The Morgan fingerprint density at radius 2 is 2.44 bits per heavy atom. The molecule has 0 aromatic heterocycles. The molecule has 0 amide bonds. The Kier molecular flexibility index (Phi) is 2.16. The summed E-state index contributed by atoms with van der Waals surface area (Å²) in [4.78, 5) is 19.4. The van der Waals surface area contributed by atoms with Crippen LogP contribution in [0.5, 0.6) is 0 Å². The molecule has 0 radical (unpaired) electrons. The summed E-state index contributed by atoms with van der Waals surface area (Å²) in [5, 5.41) is 4.12. The van der Waals surface area contributed by atoms with Crippen LogP contribution in [0.3, 0.4) is 0 Å². The van der Waals surface area contributed by atoms with Crippen LogP contribution < -0.4 is 0 Å². The summed E-state index contributed by atoms with van der Waals surface area (Å²) in [5.41, 5.74) is 0. The van der Waals surface area contributed by atoms with Crippen LogP contribution in [0.2, 0.25) is 0 Å². The van der Waals surface area contributed by atoms with E-state index in [4.69, 9.17) is 0 Å². The van der Waals surface area contributed by atoms with Crippen LogP contribution in [0.1, 0.15) is 13.3 Å². The Hall–Kier alpha value is -0.450. The van der Waals surface area contributed by atoms with E-state index in [1.54, 1.807) is 0 Å². The fourth-order valence-electron chi connectivity index (χ4n) is 0.583. The molecule has 1 aliphatic heterocycles. The molecule has 52 valence electrons. The molecule has 1 atom stereocenters. The third-order valence-electron chi connectivity index (χ3n) is 1.12. The number of carbonyl (C=O) groups is 1. The van der Waals surface area contributed by atoms with Gasteiger partial charge in [0.05, 0.1) is 6.61 Å². The van der Waals surface area contributed by atoms with Gasteiger partial charge >= 0.3 is 0 Å². The van der Waals surface area contributed by atoms with E-state index in [-0.39, 0.29) is 5.78 Å². The van der Waals surface area contributed by atoms with Crippen molar-refractivity contribution in [2.75, 3.05) is 6.61 Å². The molecule has 0 spiro atoms. The number of rotatable bonds is 1. The quantitative estimate of drug-likeness (QED) is 0.479. The van der Waals surface area contributed by atoms with E-state index in [1.807, 2.05) is 0 Å². The predicted octanol–water partition coefficient (Wildman–Crippen LogP) is 0.227. The van der Waals surface area contributed by atoms with E-state index in [1.165, 1.54) is 6.92 Å². The predicted molar refractivity (Wildman–Crippen MR) is 27.2 cm³/mol. The van der Waals surface area contributed by atoms with Gasteiger partial charge in [0.1, 0.15) is 0 Å². The average molecular weight is 132 g/mol. The van der Waals surface area contributed by atoms with Crippen LogP contribution in [-0.4, -0.2) is 18.5 Å². The van der Waals surface area contributed by atoms with Gasteiger partial charge in [0.15, 0.2) is 11.9 Å². The number of Topliss-reactive ketones (excluding diaryl/α,β-unsaturated/α-hetero) is 1. The van der Waals surface area contributed by atoms with Crippen molar-refractivity contribution in [1.82, 2.24) is 0 Å². The van der Waals surface area contributed by atoms with Gasteiger partial charge in [-0.1, -0.05) is 5.04 Å². The van der Waals surface area contributed by atoms with Gasteiger partial charge in [0, 0.05) is 6.42 Å². The van der Waals surface area contributed by atoms with Gasteiger partial charge in [-0.3, -0.25) is 4.79 Å². The number of carbonyl (C=O) groups excluding carboxylic acids is 1. The smallest absolute Gasteiger partial charge is 0.162 e. The Bertz CT molecular complexity index is 106. The second kappa shape index (κ2) is 2.91. The van der Waals surface area contributed by atoms with Crippen molar-refractivity contribution in [2.24, 2.45) is 0 Å². The maximum Gasteiger partial charge on any atom is 0.162 e. The Labute approximate surface area is 52.6 Å². The lowest BCUT2D eigenvalue weighted by molar-refractivity contribution is -0.542. The van der Waals surface area contributed by atoms with E-state index >= 15 is 0 Å². The fourth-order valence-corrected chi connectivity index (χ4v) is 0.583. The molecule has 1 unspecified atom stereocenters. The van der Waals surface area contributed by atoms with Gasteiger partial charge < -0.3 is 0 Å². The van der Waals surface area contributed by atoms with Gasteiger partial charge in [0.2, 0.25) is 0 Å². The molecule has 4 heteroatoms. The van der Waals surface area contributed by atoms with E-state index in [0.29, 0.717) is 13.0 Å². The Morgan fingerprint density at radius 1 is 1.67 bits per heavy atom. The van der Waals surface area contributed by atoms with Gasteiger partial charge in [-0.2, -0.15) is 4.89 Å². The third kappa shape index (κ3) is 1.74. The maximum atomic E-state index is 10.5. The summed E-state index contributed by atoms with van der Waals surface area (Å²) in [6, 6.07) is 0. The molecule has 0 aromatic rings. The molecule has 0 saturated carbocycles. The molecule has 1 heterocycles. The normalized spacial score (nSPS) is 27.9. The van der Waals surface area contributed by atoms with E-state index < -0.39 is 6.10 Å². The Balaban J connectivity index is 2.31. The summed E-state index contributed by atoms with van der Waals surface area (Å²) in [6.45, 7) is 1.88. The summed E-state index contributed by atoms with van der Waals surface area (Å²) >= 11 is 0. The molecule has 4 nitrogen and oxygen atoms in total. The highest BCUT2D eigenvalue weighted by molar-refractivity contribution is 5.80. The van der Waals surface area contributed by atoms with Crippen LogP contribution in [0.15, 0.2) is 0 Å². The lowest BCUT2D eigenvalue weighted by Gasteiger charge is -2.16. The van der Waals surface area contributed by atoms with E-state index in [2.05, 4.69) is 14.8 Å². The summed E-state index contributed by atoms with van der Waals surface area (Å²) in [7, 11) is 0. The van der Waals surface area contributed by atoms with Crippen molar-refractivity contribution in [3.8, 4) is 0 Å². The molecule has 1 fully saturated rings. The van der Waals surface area contributed by atoms with Gasteiger partial charge in [-0.15, -0.1) is 0 Å². The monoisotopic (exact) mass is 132 g/mol. The van der Waals surface area contributed by atoms with Gasteiger partial charge in [-0.25, -0.2) is 4.89 Å². The van der Waals surface area contributed by atoms with Crippen molar-refractivity contribution in [2.45, 2.75) is 19.4 Å². The molecule has 0 N–H and O–H groups in total. The molecule has 0 bridgehead atoms. The largest absolute Gasteiger partial charge is 0.297 e. The molecule has 9 heavy (non-hydrogen) atoms.